The number of ether oxygens (including phenoxy) is 4. The number of rotatable bonds is 7. The first kappa shape index (κ1) is 19.4. The minimum Gasteiger partial charge on any atom is -0.497 e. The van der Waals surface area contributed by atoms with Crippen molar-refractivity contribution < 1.29 is 18.9 Å². The van der Waals surface area contributed by atoms with Gasteiger partial charge in [-0.2, -0.15) is 14.9 Å². The molecule has 146 valence electrons. The highest BCUT2D eigenvalue weighted by Crippen LogP contribution is 2.37. The first-order chi connectivity index (χ1) is 13.6. The molecule has 0 radical (unpaired) electrons. The van der Waals surface area contributed by atoms with Gasteiger partial charge in [0.15, 0.2) is 17.3 Å². The van der Waals surface area contributed by atoms with Crippen LogP contribution >= 0.6 is 12.2 Å². The molecular weight excluding hydrogens is 380 g/mol. The van der Waals surface area contributed by atoms with Crippen LogP contribution in [0.2, 0.25) is 0 Å². The summed E-state index contributed by atoms with van der Waals surface area (Å²) in [5.41, 5.74) is 1.56. The monoisotopic (exact) mass is 400 g/mol. The van der Waals surface area contributed by atoms with Gasteiger partial charge in [-0.3, -0.25) is 0 Å². The van der Waals surface area contributed by atoms with Crippen LogP contribution in [0.25, 0.3) is 11.4 Å². The second-order valence-corrected chi connectivity index (χ2v) is 5.99. The maximum absolute atomic E-state index is 5.37. The molecule has 0 saturated heterocycles. The van der Waals surface area contributed by atoms with Gasteiger partial charge >= 0.3 is 0 Å². The normalized spacial score (nSPS) is 10.9. The molecule has 0 aliphatic rings. The van der Waals surface area contributed by atoms with Gasteiger partial charge < -0.3 is 18.9 Å². The van der Waals surface area contributed by atoms with Crippen molar-refractivity contribution in [3.63, 3.8) is 0 Å². The summed E-state index contributed by atoms with van der Waals surface area (Å²) in [6.07, 6.45) is 1.64. The molecule has 0 aliphatic carbocycles. The number of H-pyrrole nitrogens is 1. The Labute approximate surface area is 167 Å². The largest absolute Gasteiger partial charge is 0.497 e. The van der Waals surface area contributed by atoms with E-state index in [9.17, 15) is 0 Å². The van der Waals surface area contributed by atoms with E-state index in [-0.39, 0.29) is 0 Å². The topological polar surface area (TPSA) is 82.9 Å². The van der Waals surface area contributed by atoms with Crippen molar-refractivity contribution in [2.45, 2.75) is 0 Å². The molecule has 0 bridgehead atoms. The van der Waals surface area contributed by atoms with Crippen LogP contribution in [0.1, 0.15) is 5.56 Å². The molecule has 0 amide bonds. The fourth-order valence-electron chi connectivity index (χ4n) is 2.65. The van der Waals surface area contributed by atoms with Crippen LogP contribution in [-0.4, -0.2) is 49.5 Å². The summed E-state index contributed by atoms with van der Waals surface area (Å²) in [6.45, 7) is 0. The second kappa shape index (κ2) is 8.57. The standard InChI is InChI=1S/C19H20N4O4S/c1-24-14-7-5-6-13(10-14)18-21-22-19(28)23(18)20-11-12-8-15(25-2)17(27-4)16(9-12)26-3/h5-11H,1-4H3,(H,22,28)/b20-11+. The molecule has 3 aromatic rings. The van der Waals surface area contributed by atoms with Gasteiger partial charge in [0, 0.05) is 11.1 Å². The lowest BCUT2D eigenvalue weighted by Crippen LogP contribution is -1.98. The highest BCUT2D eigenvalue weighted by molar-refractivity contribution is 7.71. The first-order valence-electron chi connectivity index (χ1n) is 8.27. The van der Waals surface area contributed by atoms with Crippen LogP contribution in [0.3, 0.4) is 0 Å². The lowest BCUT2D eigenvalue weighted by atomic mass is 10.2. The Kier molecular flexibility index (Phi) is 5.95. The Bertz CT molecular complexity index is 1030. The third kappa shape index (κ3) is 3.84. The van der Waals surface area contributed by atoms with E-state index in [1.54, 1.807) is 46.8 Å². The van der Waals surface area contributed by atoms with Gasteiger partial charge in [0.05, 0.1) is 34.7 Å². The third-order valence-corrected chi connectivity index (χ3v) is 4.25. The summed E-state index contributed by atoms with van der Waals surface area (Å²) in [7, 11) is 6.29. The zero-order chi connectivity index (χ0) is 20.1. The summed E-state index contributed by atoms with van der Waals surface area (Å²) in [6, 6.07) is 11.1. The van der Waals surface area contributed by atoms with Crippen LogP contribution in [-0.2, 0) is 0 Å². The van der Waals surface area contributed by atoms with E-state index < -0.39 is 0 Å². The summed E-state index contributed by atoms with van der Waals surface area (Å²) in [5.74, 6) is 2.86. The van der Waals surface area contributed by atoms with Crippen molar-refractivity contribution in [1.29, 1.82) is 0 Å². The molecule has 0 aliphatic heterocycles. The second-order valence-electron chi connectivity index (χ2n) is 5.60. The quantitative estimate of drug-likeness (QED) is 0.483. The summed E-state index contributed by atoms with van der Waals surface area (Å²) >= 11 is 5.32. The molecule has 8 nitrogen and oxygen atoms in total. The number of hydrogen-bond donors (Lipinski definition) is 1. The van der Waals surface area contributed by atoms with Gasteiger partial charge in [-0.1, -0.05) is 12.1 Å². The van der Waals surface area contributed by atoms with Gasteiger partial charge in [0.1, 0.15) is 5.75 Å². The number of aromatic nitrogens is 3. The Hall–Kier alpha value is -3.33. The Morgan fingerprint density at radius 3 is 2.32 bits per heavy atom. The minimum absolute atomic E-state index is 0.363. The predicted molar refractivity (Wildman–Crippen MR) is 108 cm³/mol. The highest BCUT2D eigenvalue weighted by Gasteiger charge is 2.13. The van der Waals surface area contributed by atoms with Crippen molar-refractivity contribution in [3.05, 3.63) is 46.7 Å². The van der Waals surface area contributed by atoms with E-state index in [1.807, 2.05) is 24.3 Å². The zero-order valence-corrected chi connectivity index (χ0v) is 16.7. The summed E-state index contributed by atoms with van der Waals surface area (Å²) in [4.78, 5) is 0. The van der Waals surface area contributed by atoms with Crippen LogP contribution < -0.4 is 18.9 Å². The number of benzene rings is 2. The summed E-state index contributed by atoms with van der Waals surface area (Å²) in [5, 5.41) is 11.5. The Balaban J connectivity index is 2.02. The zero-order valence-electron chi connectivity index (χ0n) is 15.9. The van der Waals surface area contributed by atoms with Crippen molar-refractivity contribution in [1.82, 2.24) is 14.9 Å². The SMILES string of the molecule is COc1cccc(-c2n[nH]c(=S)n2/N=C/c2cc(OC)c(OC)c(OC)c2)c1. The molecule has 3 rings (SSSR count). The molecule has 0 atom stereocenters. The van der Waals surface area contributed by atoms with Crippen LogP contribution in [0.4, 0.5) is 0 Å². The maximum atomic E-state index is 5.37. The number of nitrogens with one attached hydrogen (secondary N) is 1. The lowest BCUT2D eigenvalue weighted by Gasteiger charge is -2.12. The van der Waals surface area contributed by atoms with Crippen molar-refractivity contribution in [3.8, 4) is 34.4 Å². The fourth-order valence-corrected chi connectivity index (χ4v) is 2.83. The van der Waals surface area contributed by atoms with E-state index in [1.165, 1.54) is 4.68 Å². The molecule has 9 heteroatoms. The lowest BCUT2D eigenvalue weighted by molar-refractivity contribution is 0.324. The van der Waals surface area contributed by atoms with E-state index in [0.29, 0.717) is 33.6 Å². The van der Waals surface area contributed by atoms with Gasteiger partial charge in [-0.05, 0) is 36.5 Å². The van der Waals surface area contributed by atoms with Crippen molar-refractivity contribution in [2.75, 3.05) is 28.4 Å². The Morgan fingerprint density at radius 1 is 1.00 bits per heavy atom. The average Bonchev–Trinajstić information content (AvgIpc) is 3.11. The van der Waals surface area contributed by atoms with E-state index in [4.69, 9.17) is 31.2 Å². The maximum Gasteiger partial charge on any atom is 0.216 e. The first-order valence-corrected chi connectivity index (χ1v) is 8.68. The number of methoxy groups -OCH3 is 4. The van der Waals surface area contributed by atoms with Crippen LogP contribution in [0, 0.1) is 4.77 Å². The third-order valence-electron chi connectivity index (χ3n) is 3.99. The Morgan fingerprint density at radius 2 is 1.71 bits per heavy atom. The predicted octanol–water partition coefficient (Wildman–Crippen LogP) is 3.52. The molecule has 0 unspecified atom stereocenters. The molecule has 1 heterocycles. The summed E-state index contributed by atoms with van der Waals surface area (Å²) < 4.78 is 23.3. The fraction of sp³-hybridized carbons (Fsp3) is 0.211. The molecule has 28 heavy (non-hydrogen) atoms. The van der Waals surface area contributed by atoms with Gasteiger partial charge in [-0.25, -0.2) is 5.10 Å². The van der Waals surface area contributed by atoms with Gasteiger partial charge in [0.2, 0.25) is 10.5 Å². The van der Waals surface area contributed by atoms with Gasteiger partial charge in [-0.15, -0.1) is 0 Å². The van der Waals surface area contributed by atoms with Crippen molar-refractivity contribution in [2.24, 2.45) is 5.10 Å². The molecule has 0 fully saturated rings. The smallest absolute Gasteiger partial charge is 0.216 e. The van der Waals surface area contributed by atoms with E-state index >= 15 is 0 Å². The van der Waals surface area contributed by atoms with Crippen LogP contribution in [0.15, 0.2) is 41.5 Å². The molecule has 1 aromatic heterocycles. The average molecular weight is 400 g/mol. The minimum atomic E-state index is 0.363. The molecule has 1 N–H and O–H groups in total. The number of hydrogen-bond acceptors (Lipinski definition) is 7. The van der Waals surface area contributed by atoms with Crippen molar-refractivity contribution >= 4 is 18.4 Å². The molecule has 0 saturated carbocycles. The highest BCUT2D eigenvalue weighted by atomic mass is 32.1. The van der Waals surface area contributed by atoms with E-state index in [0.717, 1.165) is 11.1 Å². The van der Waals surface area contributed by atoms with Crippen LogP contribution in [0.5, 0.6) is 23.0 Å². The molecule has 2 aromatic carbocycles. The van der Waals surface area contributed by atoms with E-state index in [2.05, 4.69) is 15.3 Å². The number of aromatic amines is 1. The molecular formula is C19H20N4O4S. The number of nitrogens with zero attached hydrogens (tertiary/aromatic N) is 3. The molecule has 0 spiro atoms. The van der Waals surface area contributed by atoms with Gasteiger partial charge in [0.25, 0.3) is 0 Å².